The highest BCUT2D eigenvalue weighted by atomic mass is 32.1. The highest BCUT2D eigenvalue weighted by molar-refractivity contribution is 7.13. The van der Waals surface area contributed by atoms with E-state index >= 15 is 0 Å². The van der Waals surface area contributed by atoms with Crippen LogP contribution in [0.2, 0.25) is 0 Å². The molecule has 2 amide bonds. The second-order valence-corrected chi connectivity index (χ2v) is 7.54. The number of thiophene rings is 1. The van der Waals surface area contributed by atoms with Crippen LogP contribution >= 0.6 is 11.3 Å². The minimum atomic E-state index is -0.166. The number of hydrogen-bond donors (Lipinski definition) is 1. The number of hydrogen-bond acceptors (Lipinski definition) is 4. The molecule has 7 heteroatoms. The molecule has 0 spiro atoms. The fourth-order valence-electron chi connectivity index (χ4n) is 2.74. The third-order valence-electron chi connectivity index (χ3n) is 4.34. The van der Waals surface area contributed by atoms with Gasteiger partial charge in [-0.15, -0.1) is 11.3 Å². The van der Waals surface area contributed by atoms with Gasteiger partial charge in [-0.1, -0.05) is 0 Å². The maximum atomic E-state index is 12.8. The Morgan fingerprint density at radius 1 is 1.04 bits per heavy atom. The molecule has 6 nitrogen and oxygen atoms in total. The molecule has 1 N–H and O–H groups in total. The minimum Gasteiger partial charge on any atom is -0.484 e. The van der Waals surface area contributed by atoms with Gasteiger partial charge in [-0.25, -0.2) is 0 Å². The van der Waals surface area contributed by atoms with Gasteiger partial charge in [0.15, 0.2) is 6.61 Å². The molecule has 0 bridgehead atoms. The molecule has 0 saturated carbocycles. The number of rotatable bonds is 6. The zero-order chi connectivity index (χ0) is 20.3. The van der Waals surface area contributed by atoms with Gasteiger partial charge in [-0.3, -0.25) is 9.59 Å². The molecule has 0 radical (unpaired) electrons. The molecule has 2 aromatic heterocycles. The second kappa shape index (κ2) is 8.31. The van der Waals surface area contributed by atoms with Crippen molar-refractivity contribution in [3.63, 3.8) is 0 Å². The van der Waals surface area contributed by atoms with E-state index in [0.29, 0.717) is 17.0 Å². The van der Waals surface area contributed by atoms with Crippen molar-refractivity contribution in [1.29, 1.82) is 0 Å². The van der Waals surface area contributed by atoms with Gasteiger partial charge in [-0.05, 0) is 61.7 Å². The van der Waals surface area contributed by atoms with Gasteiger partial charge in [0.2, 0.25) is 0 Å². The molecule has 28 heavy (non-hydrogen) atoms. The molecule has 0 fully saturated rings. The summed E-state index contributed by atoms with van der Waals surface area (Å²) in [6.45, 7) is 4.02. The van der Waals surface area contributed by atoms with Crippen LogP contribution in [0.4, 0.5) is 5.69 Å². The van der Waals surface area contributed by atoms with E-state index in [1.54, 1.807) is 38.4 Å². The largest absolute Gasteiger partial charge is 0.484 e. The van der Waals surface area contributed by atoms with Gasteiger partial charge in [0.1, 0.15) is 10.8 Å². The van der Waals surface area contributed by atoms with E-state index in [1.807, 2.05) is 37.4 Å². The molecule has 0 unspecified atom stereocenters. The molecule has 3 aromatic rings. The minimum absolute atomic E-state index is 0.0213. The summed E-state index contributed by atoms with van der Waals surface area (Å²) >= 11 is 1.53. The summed E-state index contributed by atoms with van der Waals surface area (Å²) < 4.78 is 7.53. The quantitative estimate of drug-likeness (QED) is 0.687. The lowest BCUT2D eigenvalue weighted by Gasteiger charge is -2.12. The average Bonchev–Trinajstić information content (AvgIpc) is 3.26. The number of anilines is 1. The van der Waals surface area contributed by atoms with Crippen molar-refractivity contribution in [2.75, 3.05) is 26.0 Å². The van der Waals surface area contributed by atoms with Crippen molar-refractivity contribution < 1.29 is 14.3 Å². The lowest BCUT2D eigenvalue weighted by molar-refractivity contribution is -0.130. The Morgan fingerprint density at radius 2 is 1.68 bits per heavy atom. The van der Waals surface area contributed by atoms with Gasteiger partial charge in [0.05, 0.1) is 5.56 Å². The highest BCUT2D eigenvalue weighted by Crippen LogP contribution is 2.27. The molecule has 0 aliphatic heterocycles. The van der Waals surface area contributed by atoms with Crippen molar-refractivity contribution in [1.82, 2.24) is 9.47 Å². The number of aryl methyl sites for hydroxylation is 2. The predicted octanol–water partition coefficient (Wildman–Crippen LogP) is 3.87. The summed E-state index contributed by atoms with van der Waals surface area (Å²) in [6, 6.07) is 12.9. The summed E-state index contributed by atoms with van der Waals surface area (Å²) in [6.07, 6.45) is 0. The molecule has 0 atom stereocenters. The van der Waals surface area contributed by atoms with Gasteiger partial charge in [0.25, 0.3) is 11.8 Å². The summed E-state index contributed by atoms with van der Waals surface area (Å²) in [5.41, 5.74) is 3.46. The molecule has 2 heterocycles. The highest BCUT2D eigenvalue weighted by Gasteiger charge is 2.17. The second-order valence-electron chi connectivity index (χ2n) is 6.65. The standard InChI is InChI=1S/C21H23N3O3S/c1-14-5-6-15(2)24(14)21-18(11-12-28-21)20(26)22-16-7-9-17(10-8-16)27-13-19(25)23(3)4/h5-12H,13H2,1-4H3,(H,22,26). The molecule has 146 valence electrons. The lowest BCUT2D eigenvalue weighted by atomic mass is 10.2. The first-order valence-electron chi connectivity index (χ1n) is 8.84. The third-order valence-corrected chi connectivity index (χ3v) is 5.23. The number of aromatic nitrogens is 1. The van der Waals surface area contributed by atoms with Crippen molar-refractivity contribution >= 4 is 28.8 Å². The van der Waals surface area contributed by atoms with E-state index < -0.39 is 0 Å². The Balaban J connectivity index is 1.69. The molecule has 0 saturated heterocycles. The zero-order valence-electron chi connectivity index (χ0n) is 16.4. The Morgan fingerprint density at radius 3 is 2.29 bits per heavy atom. The molecule has 3 rings (SSSR count). The van der Waals surface area contributed by atoms with Gasteiger partial charge >= 0.3 is 0 Å². The summed E-state index contributed by atoms with van der Waals surface area (Å²) in [4.78, 5) is 25.8. The number of amides is 2. The lowest BCUT2D eigenvalue weighted by Crippen LogP contribution is -2.27. The Hall–Kier alpha value is -3.06. The number of carbonyl (C=O) groups is 2. The van der Waals surface area contributed by atoms with Gasteiger partial charge in [-0.2, -0.15) is 0 Å². The SMILES string of the molecule is Cc1ccc(C)n1-c1sccc1C(=O)Nc1ccc(OCC(=O)N(C)C)cc1. The predicted molar refractivity (Wildman–Crippen MR) is 112 cm³/mol. The van der Waals surface area contributed by atoms with Crippen LogP contribution in [0.1, 0.15) is 21.7 Å². The van der Waals surface area contributed by atoms with E-state index in [9.17, 15) is 9.59 Å². The molecule has 0 aliphatic carbocycles. The van der Waals surface area contributed by atoms with E-state index in [4.69, 9.17) is 4.74 Å². The molecule has 1 aromatic carbocycles. The first-order valence-corrected chi connectivity index (χ1v) is 9.72. The van der Waals surface area contributed by atoms with Gasteiger partial charge in [0, 0.05) is 31.2 Å². The fourth-order valence-corrected chi connectivity index (χ4v) is 3.76. The van der Waals surface area contributed by atoms with E-state index in [0.717, 1.165) is 16.4 Å². The van der Waals surface area contributed by atoms with Crippen LogP contribution in [-0.4, -0.2) is 42.0 Å². The third kappa shape index (κ3) is 4.26. The van der Waals surface area contributed by atoms with Crippen LogP contribution in [0.5, 0.6) is 5.75 Å². The number of likely N-dealkylation sites (N-methyl/N-ethyl adjacent to an activating group) is 1. The Labute approximate surface area is 168 Å². The van der Waals surface area contributed by atoms with Crippen molar-refractivity contribution in [2.24, 2.45) is 0 Å². The number of nitrogens with zero attached hydrogens (tertiary/aromatic N) is 2. The first kappa shape index (κ1) is 19.7. The number of nitrogens with one attached hydrogen (secondary N) is 1. The average molecular weight is 398 g/mol. The van der Waals surface area contributed by atoms with E-state index in [-0.39, 0.29) is 18.4 Å². The van der Waals surface area contributed by atoms with Crippen LogP contribution in [0.25, 0.3) is 5.00 Å². The van der Waals surface area contributed by atoms with Crippen molar-refractivity contribution in [3.05, 3.63) is 64.8 Å². The van der Waals surface area contributed by atoms with Crippen LogP contribution in [0.3, 0.4) is 0 Å². The molecular formula is C21H23N3O3S. The summed E-state index contributed by atoms with van der Waals surface area (Å²) in [5.74, 6) is 0.293. The van der Waals surface area contributed by atoms with Crippen molar-refractivity contribution in [3.8, 4) is 10.8 Å². The van der Waals surface area contributed by atoms with E-state index in [2.05, 4.69) is 9.88 Å². The fraction of sp³-hybridized carbons (Fsp3) is 0.238. The monoisotopic (exact) mass is 397 g/mol. The zero-order valence-corrected chi connectivity index (χ0v) is 17.2. The molecule has 0 aliphatic rings. The summed E-state index contributed by atoms with van der Waals surface area (Å²) in [7, 11) is 3.36. The topological polar surface area (TPSA) is 63.6 Å². The van der Waals surface area contributed by atoms with Crippen LogP contribution in [0.15, 0.2) is 47.8 Å². The maximum Gasteiger partial charge on any atom is 0.259 e. The van der Waals surface area contributed by atoms with Crippen LogP contribution in [-0.2, 0) is 4.79 Å². The van der Waals surface area contributed by atoms with Gasteiger partial charge < -0.3 is 19.5 Å². The summed E-state index contributed by atoms with van der Waals surface area (Å²) in [5, 5.41) is 5.74. The molecular weight excluding hydrogens is 374 g/mol. The van der Waals surface area contributed by atoms with Crippen LogP contribution < -0.4 is 10.1 Å². The number of carbonyl (C=O) groups excluding carboxylic acids is 2. The smallest absolute Gasteiger partial charge is 0.259 e. The Kier molecular flexibility index (Phi) is 5.84. The Bertz CT molecular complexity index is 967. The van der Waals surface area contributed by atoms with Crippen molar-refractivity contribution in [2.45, 2.75) is 13.8 Å². The number of benzene rings is 1. The normalized spacial score (nSPS) is 10.6. The van der Waals surface area contributed by atoms with Crippen LogP contribution in [0, 0.1) is 13.8 Å². The first-order chi connectivity index (χ1) is 13.4. The maximum absolute atomic E-state index is 12.8. The van der Waals surface area contributed by atoms with E-state index in [1.165, 1.54) is 16.2 Å². The number of ether oxygens (including phenoxy) is 1.